The number of anilines is 2. The molecule has 0 saturated carbocycles. The molecule has 0 unspecified atom stereocenters. The predicted octanol–water partition coefficient (Wildman–Crippen LogP) is 1.88. The molecule has 0 atom stereocenters. The maximum atomic E-state index is 5.49. The number of nitrogens with zero attached hydrogens (tertiary/aromatic N) is 4. The van der Waals surface area contributed by atoms with Crippen LogP contribution in [-0.4, -0.2) is 27.0 Å². The first kappa shape index (κ1) is 14.4. The van der Waals surface area contributed by atoms with Gasteiger partial charge in [-0.15, -0.1) is 6.58 Å². The van der Waals surface area contributed by atoms with Gasteiger partial charge in [0.1, 0.15) is 5.75 Å². The number of allylic oxidation sites excluding steroid dienone is 1. The van der Waals surface area contributed by atoms with Crippen LogP contribution >= 0.6 is 0 Å². The smallest absolute Gasteiger partial charge is 0.328 e. The van der Waals surface area contributed by atoms with Gasteiger partial charge in [-0.25, -0.2) is 0 Å². The van der Waals surface area contributed by atoms with Crippen LogP contribution in [0.5, 0.6) is 11.8 Å². The van der Waals surface area contributed by atoms with Gasteiger partial charge in [-0.2, -0.15) is 15.0 Å². The second-order valence-electron chi connectivity index (χ2n) is 3.25. The number of rotatable bonds is 3. The van der Waals surface area contributed by atoms with Gasteiger partial charge in [0.05, 0.1) is 6.20 Å². The quantitative estimate of drug-likeness (QED) is 0.813. The Balaban J connectivity index is 0.000000550. The molecule has 0 aromatic carbocycles. The van der Waals surface area contributed by atoms with Crippen molar-refractivity contribution < 1.29 is 4.74 Å². The Kier molecular flexibility index (Phi) is 5.74. The molecule has 0 radical (unpaired) electrons. The molecule has 0 aliphatic heterocycles. The molecule has 19 heavy (non-hydrogen) atoms. The van der Waals surface area contributed by atoms with E-state index in [1.165, 1.54) is 0 Å². The number of nitrogens with one attached hydrogen (secondary N) is 1. The van der Waals surface area contributed by atoms with E-state index in [0.717, 1.165) is 0 Å². The van der Waals surface area contributed by atoms with E-state index < -0.39 is 0 Å². The monoisotopic (exact) mass is 260 g/mol. The highest BCUT2D eigenvalue weighted by Crippen LogP contribution is 2.17. The second-order valence-corrected chi connectivity index (χ2v) is 3.25. The Labute approximate surface area is 111 Å². The van der Waals surface area contributed by atoms with E-state index in [2.05, 4.69) is 31.8 Å². The normalized spacial score (nSPS) is 8.95. The molecule has 0 amide bonds. The zero-order valence-corrected chi connectivity index (χ0v) is 10.9. The summed E-state index contributed by atoms with van der Waals surface area (Å²) in [5.74, 6) is 0.986. The van der Waals surface area contributed by atoms with Crippen LogP contribution < -0.4 is 15.8 Å². The fourth-order valence-electron chi connectivity index (χ4n) is 1.04. The summed E-state index contributed by atoms with van der Waals surface area (Å²) < 4.78 is 5.36. The van der Waals surface area contributed by atoms with Crippen molar-refractivity contribution in [2.24, 2.45) is 0 Å². The molecule has 2 heterocycles. The standard InChI is InChI=1S/C9H10N6O.C3H6/c1-11-8-13-7(10)14-9(15-8)16-6-3-2-4-12-5-6;1-3-2/h2-5H,1H3,(H3,10,11,13,14,15);3H,1H2,2H3. The number of aromatic nitrogens is 4. The molecule has 2 aromatic rings. The Bertz CT molecular complexity index is 517. The van der Waals surface area contributed by atoms with Crippen molar-refractivity contribution in [3.05, 3.63) is 37.2 Å². The van der Waals surface area contributed by atoms with Gasteiger partial charge in [-0.1, -0.05) is 6.08 Å². The molecular weight excluding hydrogens is 244 g/mol. The second kappa shape index (κ2) is 7.59. The molecule has 0 spiro atoms. The summed E-state index contributed by atoms with van der Waals surface area (Å²) in [6.45, 7) is 5.25. The first-order valence-electron chi connectivity index (χ1n) is 5.53. The topological polar surface area (TPSA) is 98.8 Å². The summed E-state index contributed by atoms with van der Waals surface area (Å²) in [6, 6.07) is 3.62. The molecule has 0 saturated heterocycles. The first-order chi connectivity index (χ1) is 9.19. The van der Waals surface area contributed by atoms with Crippen LogP contribution in [0, 0.1) is 0 Å². The van der Waals surface area contributed by atoms with Crippen molar-refractivity contribution in [3.63, 3.8) is 0 Å². The highest BCUT2D eigenvalue weighted by Gasteiger charge is 2.05. The van der Waals surface area contributed by atoms with Crippen LogP contribution in [0.1, 0.15) is 6.92 Å². The van der Waals surface area contributed by atoms with Gasteiger partial charge >= 0.3 is 6.01 Å². The third-order valence-corrected chi connectivity index (χ3v) is 1.70. The van der Waals surface area contributed by atoms with Gasteiger partial charge in [-0.3, -0.25) is 4.98 Å². The summed E-state index contributed by atoms with van der Waals surface area (Å²) >= 11 is 0. The predicted molar refractivity (Wildman–Crippen MR) is 74.0 cm³/mol. The molecule has 2 aromatic heterocycles. The maximum absolute atomic E-state index is 5.49. The van der Waals surface area contributed by atoms with Crippen LogP contribution in [0.4, 0.5) is 11.9 Å². The minimum absolute atomic E-state index is 0.0956. The van der Waals surface area contributed by atoms with Crippen LogP contribution in [0.2, 0.25) is 0 Å². The summed E-state index contributed by atoms with van der Waals surface area (Å²) in [5, 5.41) is 2.76. The average Bonchev–Trinajstić information content (AvgIpc) is 2.40. The molecule has 0 bridgehead atoms. The zero-order valence-electron chi connectivity index (χ0n) is 10.9. The Hall–Kier alpha value is -2.70. The van der Waals surface area contributed by atoms with Gasteiger partial charge in [0.15, 0.2) is 0 Å². The SMILES string of the molecule is C=CC.CNc1nc(N)nc(Oc2cccnc2)n1. The lowest BCUT2D eigenvalue weighted by Gasteiger charge is -2.04. The minimum atomic E-state index is 0.0956. The van der Waals surface area contributed by atoms with E-state index in [0.29, 0.717) is 11.7 Å². The number of nitrogens with two attached hydrogens (primary N) is 1. The van der Waals surface area contributed by atoms with Gasteiger partial charge in [0, 0.05) is 13.2 Å². The highest BCUT2D eigenvalue weighted by atomic mass is 16.5. The van der Waals surface area contributed by atoms with Crippen molar-refractivity contribution in [2.75, 3.05) is 18.1 Å². The Morgan fingerprint density at radius 3 is 2.68 bits per heavy atom. The third kappa shape index (κ3) is 4.99. The van der Waals surface area contributed by atoms with E-state index >= 15 is 0 Å². The lowest BCUT2D eigenvalue weighted by atomic mass is 10.5. The lowest BCUT2D eigenvalue weighted by molar-refractivity contribution is 0.439. The summed E-state index contributed by atoms with van der Waals surface area (Å²) in [6.07, 6.45) is 4.95. The van der Waals surface area contributed by atoms with E-state index in [4.69, 9.17) is 10.5 Å². The van der Waals surface area contributed by atoms with Gasteiger partial charge in [0.25, 0.3) is 0 Å². The van der Waals surface area contributed by atoms with Crippen molar-refractivity contribution in [3.8, 4) is 11.8 Å². The highest BCUT2D eigenvalue weighted by molar-refractivity contribution is 5.33. The van der Waals surface area contributed by atoms with Crippen molar-refractivity contribution >= 4 is 11.9 Å². The molecule has 7 nitrogen and oxygen atoms in total. The van der Waals surface area contributed by atoms with Gasteiger partial charge in [-0.05, 0) is 19.1 Å². The van der Waals surface area contributed by atoms with Crippen molar-refractivity contribution in [1.82, 2.24) is 19.9 Å². The van der Waals surface area contributed by atoms with E-state index in [9.17, 15) is 0 Å². The maximum Gasteiger partial charge on any atom is 0.328 e. The summed E-state index contributed by atoms with van der Waals surface area (Å²) in [7, 11) is 1.68. The summed E-state index contributed by atoms with van der Waals surface area (Å²) in [5.41, 5.74) is 5.49. The van der Waals surface area contributed by atoms with E-state index in [1.807, 2.05) is 6.92 Å². The molecule has 3 N–H and O–H groups in total. The van der Waals surface area contributed by atoms with Gasteiger partial charge in [0.2, 0.25) is 11.9 Å². The molecule has 0 aliphatic carbocycles. The van der Waals surface area contributed by atoms with Gasteiger partial charge < -0.3 is 15.8 Å². The Morgan fingerprint density at radius 2 is 2.11 bits per heavy atom. The zero-order chi connectivity index (χ0) is 14.1. The van der Waals surface area contributed by atoms with Crippen LogP contribution in [-0.2, 0) is 0 Å². The van der Waals surface area contributed by atoms with E-state index in [-0.39, 0.29) is 12.0 Å². The van der Waals surface area contributed by atoms with Crippen LogP contribution in [0.25, 0.3) is 0 Å². The number of hydrogen-bond acceptors (Lipinski definition) is 7. The fraction of sp³-hybridized carbons (Fsp3) is 0.167. The molecule has 0 fully saturated rings. The number of nitrogen functional groups attached to an aromatic ring is 1. The number of ether oxygens (including phenoxy) is 1. The fourth-order valence-corrected chi connectivity index (χ4v) is 1.04. The van der Waals surface area contributed by atoms with Crippen molar-refractivity contribution in [2.45, 2.75) is 6.92 Å². The molecule has 100 valence electrons. The molecule has 2 rings (SSSR count). The largest absolute Gasteiger partial charge is 0.422 e. The van der Waals surface area contributed by atoms with Crippen molar-refractivity contribution in [1.29, 1.82) is 0 Å². The number of pyridine rings is 1. The minimum Gasteiger partial charge on any atom is -0.422 e. The van der Waals surface area contributed by atoms with Crippen LogP contribution in [0.15, 0.2) is 37.2 Å². The third-order valence-electron chi connectivity index (χ3n) is 1.70. The Morgan fingerprint density at radius 1 is 1.37 bits per heavy atom. The molecule has 0 aliphatic rings. The van der Waals surface area contributed by atoms with Crippen LogP contribution in [0.3, 0.4) is 0 Å². The van der Waals surface area contributed by atoms with E-state index in [1.54, 1.807) is 37.7 Å². The summed E-state index contributed by atoms with van der Waals surface area (Å²) in [4.78, 5) is 15.6. The average molecular weight is 260 g/mol. The molecular formula is C12H16N6O. The molecule has 7 heteroatoms. The first-order valence-corrected chi connectivity index (χ1v) is 5.53. The lowest BCUT2D eigenvalue weighted by Crippen LogP contribution is -2.04. The number of hydrogen-bond donors (Lipinski definition) is 2.